The monoisotopic (exact) mass is 234 g/mol. The van der Waals surface area contributed by atoms with Crippen LogP contribution in [-0.4, -0.2) is 10.2 Å². The molecule has 2 rings (SSSR count). The van der Waals surface area contributed by atoms with Gasteiger partial charge in [-0.3, -0.25) is 0 Å². The molecule has 0 aromatic heterocycles. The zero-order chi connectivity index (χ0) is 11.5. The first-order valence-electron chi connectivity index (χ1n) is 4.89. The third-order valence-corrected chi connectivity index (χ3v) is 2.74. The molecule has 0 spiro atoms. The minimum atomic E-state index is 0.0339. The lowest BCUT2D eigenvalue weighted by molar-refractivity contribution is 0.282. The minimum Gasteiger partial charge on any atom is -0.506 e. The summed E-state index contributed by atoms with van der Waals surface area (Å²) in [6.07, 6.45) is 0. The quantitative estimate of drug-likeness (QED) is 0.838. The first kappa shape index (κ1) is 11.0. The molecule has 0 bridgehead atoms. The smallest absolute Gasteiger partial charge is 0.134 e. The van der Waals surface area contributed by atoms with Gasteiger partial charge in [0.05, 0.1) is 11.6 Å². The summed E-state index contributed by atoms with van der Waals surface area (Å²) in [4.78, 5) is 0. The molecule has 2 aromatic carbocycles. The van der Waals surface area contributed by atoms with Gasteiger partial charge in [-0.2, -0.15) is 0 Å². The van der Waals surface area contributed by atoms with Gasteiger partial charge in [-0.1, -0.05) is 41.9 Å². The van der Waals surface area contributed by atoms with Crippen LogP contribution in [0, 0.1) is 0 Å². The molecule has 0 heterocycles. The number of aromatic hydroxyl groups is 1. The van der Waals surface area contributed by atoms with E-state index in [1.165, 1.54) is 0 Å². The Morgan fingerprint density at radius 2 is 1.56 bits per heavy atom. The van der Waals surface area contributed by atoms with Crippen molar-refractivity contribution in [2.75, 3.05) is 0 Å². The van der Waals surface area contributed by atoms with Crippen molar-refractivity contribution in [3.63, 3.8) is 0 Å². The molecule has 0 radical (unpaired) electrons. The largest absolute Gasteiger partial charge is 0.506 e. The molecule has 0 saturated carbocycles. The Balaban J connectivity index is 2.38. The van der Waals surface area contributed by atoms with Gasteiger partial charge in [0.2, 0.25) is 0 Å². The lowest BCUT2D eigenvalue weighted by atomic mass is 10.0. The Bertz CT molecular complexity index is 492. The van der Waals surface area contributed by atoms with Crippen LogP contribution in [0.2, 0.25) is 5.02 Å². The third-order valence-electron chi connectivity index (χ3n) is 2.42. The second kappa shape index (κ2) is 4.56. The van der Waals surface area contributed by atoms with Gasteiger partial charge < -0.3 is 10.2 Å². The number of phenols is 1. The van der Waals surface area contributed by atoms with E-state index in [2.05, 4.69) is 0 Å². The second-order valence-electron chi connectivity index (χ2n) is 3.52. The fraction of sp³-hybridized carbons (Fsp3) is 0.0769. The van der Waals surface area contributed by atoms with Gasteiger partial charge in [0, 0.05) is 0 Å². The van der Waals surface area contributed by atoms with Crippen molar-refractivity contribution in [1.82, 2.24) is 0 Å². The highest BCUT2D eigenvalue weighted by Gasteiger charge is 2.02. The normalized spacial score (nSPS) is 10.4. The average Bonchev–Trinajstić information content (AvgIpc) is 2.33. The zero-order valence-corrected chi connectivity index (χ0v) is 9.28. The highest BCUT2D eigenvalue weighted by molar-refractivity contribution is 6.32. The van der Waals surface area contributed by atoms with Crippen molar-refractivity contribution < 1.29 is 10.2 Å². The van der Waals surface area contributed by atoms with E-state index in [0.29, 0.717) is 5.02 Å². The topological polar surface area (TPSA) is 40.5 Å². The van der Waals surface area contributed by atoms with Gasteiger partial charge >= 0.3 is 0 Å². The summed E-state index contributed by atoms with van der Waals surface area (Å²) in [5.74, 6) is 0.0744. The number of aliphatic hydroxyl groups is 1. The number of benzene rings is 2. The average molecular weight is 235 g/mol. The summed E-state index contributed by atoms with van der Waals surface area (Å²) < 4.78 is 0. The van der Waals surface area contributed by atoms with E-state index in [0.717, 1.165) is 16.7 Å². The maximum atomic E-state index is 9.49. The van der Waals surface area contributed by atoms with E-state index < -0.39 is 0 Å². The molecular formula is C13H11ClO2. The van der Waals surface area contributed by atoms with E-state index in [9.17, 15) is 5.11 Å². The van der Waals surface area contributed by atoms with Crippen molar-refractivity contribution in [2.45, 2.75) is 6.61 Å². The molecule has 0 fully saturated rings. The number of halogens is 1. The SMILES string of the molecule is OCc1ccc(-c2ccc(Cl)c(O)c2)cc1. The van der Waals surface area contributed by atoms with Crippen molar-refractivity contribution in [1.29, 1.82) is 0 Å². The van der Waals surface area contributed by atoms with Gasteiger partial charge in [0.15, 0.2) is 0 Å². The van der Waals surface area contributed by atoms with E-state index >= 15 is 0 Å². The predicted octanol–water partition coefficient (Wildman–Crippen LogP) is 3.20. The molecule has 82 valence electrons. The summed E-state index contributed by atoms with van der Waals surface area (Å²) in [6, 6.07) is 12.6. The molecule has 0 aliphatic carbocycles. The summed E-state index contributed by atoms with van der Waals surface area (Å²) in [5.41, 5.74) is 2.73. The van der Waals surface area contributed by atoms with E-state index in [4.69, 9.17) is 16.7 Å². The van der Waals surface area contributed by atoms with Crippen LogP contribution in [0.15, 0.2) is 42.5 Å². The molecular weight excluding hydrogens is 224 g/mol. The van der Waals surface area contributed by atoms with Crippen molar-refractivity contribution >= 4 is 11.6 Å². The molecule has 0 saturated heterocycles. The molecule has 0 aliphatic rings. The zero-order valence-electron chi connectivity index (χ0n) is 8.52. The highest BCUT2D eigenvalue weighted by atomic mass is 35.5. The summed E-state index contributed by atoms with van der Waals surface area (Å²) in [5, 5.41) is 18.8. The minimum absolute atomic E-state index is 0.0339. The van der Waals surface area contributed by atoms with Gasteiger partial charge in [0.25, 0.3) is 0 Å². The van der Waals surface area contributed by atoms with Crippen LogP contribution in [0.3, 0.4) is 0 Å². The maximum absolute atomic E-state index is 9.49. The Morgan fingerprint density at radius 1 is 0.938 bits per heavy atom. The Hall–Kier alpha value is -1.51. The Morgan fingerprint density at radius 3 is 2.12 bits per heavy atom. The number of hydrogen-bond acceptors (Lipinski definition) is 2. The Kier molecular flexibility index (Phi) is 3.13. The van der Waals surface area contributed by atoms with Gasteiger partial charge in [-0.05, 0) is 28.8 Å². The summed E-state index contributed by atoms with van der Waals surface area (Å²) in [7, 11) is 0. The van der Waals surface area contributed by atoms with E-state index in [1.54, 1.807) is 12.1 Å². The standard InChI is InChI=1S/C13H11ClO2/c14-12-6-5-11(7-13(12)16)10-3-1-9(8-15)2-4-10/h1-7,15-16H,8H2. The van der Waals surface area contributed by atoms with Crippen LogP contribution in [-0.2, 0) is 6.61 Å². The van der Waals surface area contributed by atoms with E-state index in [1.807, 2.05) is 30.3 Å². The first-order valence-corrected chi connectivity index (χ1v) is 5.27. The molecule has 0 amide bonds. The number of hydrogen-bond donors (Lipinski definition) is 2. The molecule has 2 N–H and O–H groups in total. The summed E-state index contributed by atoms with van der Waals surface area (Å²) in [6.45, 7) is 0.0339. The number of rotatable bonds is 2. The van der Waals surface area contributed by atoms with Crippen molar-refractivity contribution in [2.24, 2.45) is 0 Å². The summed E-state index contributed by atoms with van der Waals surface area (Å²) >= 11 is 5.73. The maximum Gasteiger partial charge on any atom is 0.134 e. The number of phenolic OH excluding ortho intramolecular Hbond substituents is 1. The highest BCUT2D eigenvalue weighted by Crippen LogP contribution is 2.29. The van der Waals surface area contributed by atoms with Crippen LogP contribution in [0.4, 0.5) is 0 Å². The third kappa shape index (κ3) is 2.18. The van der Waals surface area contributed by atoms with Crippen LogP contribution >= 0.6 is 11.6 Å². The molecule has 0 unspecified atom stereocenters. The molecule has 3 heteroatoms. The molecule has 2 aromatic rings. The number of aliphatic hydroxyl groups excluding tert-OH is 1. The van der Waals surface area contributed by atoms with Crippen molar-refractivity contribution in [3.8, 4) is 16.9 Å². The van der Waals surface area contributed by atoms with Gasteiger partial charge in [-0.25, -0.2) is 0 Å². The fourth-order valence-corrected chi connectivity index (χ4v) is 1.61. The van der Waals surface area contributed by atoms with Crippen LogP contribution in [0.1, 0.15) is 5.56 Å². The lowest BCUT2D eigenvalue weighted by Gasteiger charge is -2.04. The Labute approximate surface area is 98.7 Å². The van der Waals surface area contributed by atoms with Crippen LogP contribution < -0.4 is 0 Å². The molecule has 16 heavy (non-hydrogen) atoms. The lowest BCUT2D eigenvalue weighted by Crippen LogP contribution is -1.83. The van der Waals surface area contributed by atoms with Gasteiger partial charge in [-0.15, -0.1) is 0 Å². The van der Waals surface area contributed by atoms with Crippen LogP contribution in [0.25, 0.3) is 11.1 Å². The van der Waals surface area contributed by atoms with E-state index in [-0.39, 0.29) is 12.4 Å². The first-order chi connectivity index (χ1) is 7.70. The molecule has 0 atom stereocenters. The van der Waals surface area contributed by atoms with Gasteiger partial charge in [0.1, 0.15) is 5.75 Å². The molecule has 0 aliphatic heterocycles. The van der Waals surface area contributed by atoms with Crippen molar-refractivity contribution in [3.05, 3.63) is 53.1 Å². The second-order valence-corrected chi connectivity index (χ2v) is 3.93. The fourth-order valence-electron chi connectivity index (χ4n) is 1.49. The van der Waals surface area contributed by atoms with Crippen LogP contribution in [0.5, 0.6) is 5.75 Å². The predicted molar refractivity (Wildman–Crippen MR) is 64.5 cm³/mol. The molecule has 2 nitrogen and oxygen atoms in total.